The van der Waals surface area contributed by atoms with E-state index in [-0.39, 0.29) is 23.3 Å². The summed E-state index contributed by atoms with van der Waals surface area (Å²) in [5, 5.41) is 10.2. The molecule has 1 heteroatoms. The molecule has 0 radical (unpaired) electrons. The van der Waals surface area contributed by atoms with E-state index in [4.69, 9.17) is 0 Å². The van der Waals surface area contributed by atoms with E-state index in [9.17, 15) is 0 Å². The van der Waals surface area contributed by atoms with Crippen LogP contribution in [0.4, 0.5) is 11.4 Å². The van der Waals surface area contributed by atoms with Gasteiger partial charge in [0, 0.05) is 22.7 Å². The molecule has 1 nitrogen and oxygen atoms in total. The lowest BCUT2D eigenvalue weighted by Crippen LogP contribution is -2.41. The summed E-state index contributed by atoms with van der Waals surface area (Å²) in [6, 6.07) is 79.4. The van der Waals surface area contributed by atoms with E-state index >= 15 is 0 Å². The monoisotopic (exact) mass is 841 g/mol. The third-order valence-corrected chi connectivity index (χ3v) is 14.9. The molecular formula is C65H47N. The predicted octanol–water partition coefficient (Wildman–Crippen LogP) is 16.9. The summed E-state index contributed by atoms with van der Waals surface area (Å²) in [6.07, 6.45) is 17.5. The highest BCUT2D eigenvalue weighted by Gasteiger charge is 2.55. The molecule has 0 saturated heterocycles. The molecule has 0 aromatic heterocycles. The Morgan fingerprint density at radius 3 is 1.52 bits per heavy atom. The minimum absolute atomic E-state index is 0.000419. The van der Waals surface area contributed by atoms with Crippen LogP contribution in [0.5, 0.6) is 0 Å². The number of fused-ring (bicyclic) bond motifs is 9. The van der Waals surface area contributed by atoms with Crippen LogP contribution in [-0.4, -0.2) is 6.04 Å². The zero-order valence-electron chi connectivity index (χ0n) is 36.6. The first-order chi connectivity index (χ1) is 32.8. The first-order valence-corrected chi connectivity index (χ1v) is 23.4. The van der Waals surface area contributed by atoms with Gasteiger partial charge in [-0.3, -0.25) is 0 Å². The Bertz CT molecular complexity index is 3460. The van der Waals surface area contributed by atoms with Gasteiger partial charge in [-0.15, -0.1) is 0 Å². The Labute approximate surface area is 386 Å². The summed E-state index contributed by atoms with van der Waals surface area (Å²) in [5.74, 6) is 0.383. The van der Waals surface area contributed by atoms with Crippen molar-refractivity contribution in [1.82, 2.24) is 0 Å². The van der Waals surface area contributed by atoms with Gasteiger partial charge in [0.25, 0.3) is 0 Å². The quantitative estimate of drug-likeness (QED) is 0.145. The highest BCUT2D eigenvalue weighted by Crippen LogP contribution is 2.62. The van der Waals surface area contributed by atoms with Crippen LogP contribution in [0.3, 0.4) is 0 Å². The Morgan fingerprint density at radius 2 is 0.939 bits per heavy atom. The molecule has 4 unspecified atom stereocenters. The molecule has 13 rings (SSSR count). The molecule has 0 N–H and O–H groups in total. The zero-order valence-corrected chi connectivity index (χ0v) is 36.6. The van der Waals surface area contributed by atoms with Gasteiger partial charge in [-0.05, 0) is 136 Å². The Morgan fingerprint density at radius 1 is 0.424 bits per heavy atom. The molecule has 312 valence electrons. The number of hydrogen-bond donors (Lipinski definition) is 0. The van der Waals surface area contributed by atoms with Gasteiger partial charge >= 0.3 is 0 Å². The van der Waals surface area contributed by atoms with Crippen LogP contribution in [0.25, 0.3) is 65.3 Å². The van der Waals surface area contributed by atoms with Crippen LogP contribution in [0.1, 0.15) is 29.0 Å². The van der Waals surface area contributed by atoms with Gasteiger partial charge in [0.1, 0.15) is 0 Å². The maximum Gasteiger partial charge on any atom is 0.0631 e. The maximum atomic E-state index is 2.62. The maximum absolute atomic E-state index is 2.62. The molecule has 0 heterocycles. The second-order valence-electron chi connectivity index (χ2n) is 18.2. The topological polar surface area (TPSA) is 3.24 Å². The smallest absolute Gasteiger partial charge is 0.0631 e. The molecule has 3 aliphatic carbocycles. The van der Waals surface area contributed by atoms with Gasteiger partial charge in [0.05, 0.1) is 6.04 Å². The van der Waals surface area contributed by atoms with Gasteiger partial charge < -0.3 is 4.90 Å². The molecule has 4 atom stereocenters. The van der Waals surface area contributed by atoms with E-state index in [0.29, 0.717) is 0 Å². The number of benzene rings is 10. The second kappa shape index (κ2) is 15.6. The van der Waals surface area contributed by atoms with Crippen molar-refractivity contribution >= 4 is 54.5 Å². The summed E-state index contributed by atoms with van der Waals surface area (Å²) < 4.78 is 0. The normalized spacial score (nSPS) is 19.6. The highest BCUT2D eigenvalue weighted by atomic mass is 15.2. The van der Waals surface area contributed by atoms with Crippen LogP contribution in [-0.2, 0) is 5.41 Å². The minimum atomic E-state index is -0.319. The van der Waals surface area contributed by atoms with Crippen molar-refractivity contribution in [2.24, 2.45) is 5.92 Å². The van der Waals surface area contributed by atoms with Gasteiger partial charge in [0.15, 0.2) is 0 Å². The van der Waals surface area contributed by atoms with Crippen LogP contribution in [0.2, 0.25) is 0 Å². The molecule has 0 aliphatic heterocycles. The van der Waals surface area contributed by atoms with E-state index in [2.05, 4.69) is 260 Å². The first-order valence-electron chi connectivity index (χ1n) is 23.4. The van der Waals surface area contributed by atoms with Crippen molar-refractivity contribution in [2.45, 2.75) is 23.8 Å². The van der Waals surface area contributed by atoms with Gasteiger partial charge in [-0.25, -0.2) is 0 Å². The average molecular weight is 842 g/mol. The van der Waals surface area contributed by atoms with Crippen molar-refractivity contribution in [3.8, 4) is 22.3 Å². The molecule has 10 aromatic carbocycles. The lowest BCUT2D eigenvalue weighted by atomic mass is 9.61. The molecular weight excluding hydrogens is 795 g/mol. The fraction of sp³-hybridized carbons (Fsp3) is 0.0769. The van der Waals surface area contributed by atoms with Crippen molar-refractivity contribution in [3.63, 3.8) is 0 Å². The number of rotatable bonds is 7. The van der Waals surface area contributed by atoms with Crippen LogP contribution in [0.15, 0.2) is 260 Å². The summed E-state index contributed by atoms with van der Waals surface area (Å²) in [7, 11) is 0. The van der Waals surface area contributed by atoms with E-state index in [1.54, 1.807) is 0 Å². The first kappa shape index (κ1) is 38.5. The highest BCUT2D eigenvalue weighted by molar-refractivity contribution is 6.15. The van der Waals surface area contributed by atoms with Gasteiger partial charge in [-0.1, -0.05) is 218 Å². The zero-order chi connectivity index (χ0) is 43.6. The second-order valence-corrected chi connectivity index (χ2v) is 18.2. The van der Waals surface area contributed by atoms with Crippen LogP contribution < -0.4 is 4.90 Å². The Balaban J connectivity index is 0.984. The SMILES string of the molecule is C1=CCC(C2(c3ccccc3)C3=CC=CC(N(c4ccc(-c5cc6ccccc6c6ccccc56)cc4)c4ccc(-c5cc6ccccc6c6ccccc56)cc4)C3c3ccccc32)C=C1. The minimum Gasteiger partial charge on any atom is -0.334 e. The van der Waals surface area contributed by atoms with Gasteiger partial charge in [-0.2, -0.15) is 0 Å². The molecule has 0 saturated carbocycles. The molecule has 66 heavy (non-hydrogen) atoms. The van der Waals surface area contributed by atoms with E-state index in [1.165, 1.54) is 99.0 Å². The summed E-state index contributed by atoms with van der Waals surface area (Å²) in [5.41, 5.74) is 12.6. The average Bonchev–Trinajstić information content (AvgIpc) is 3.71. The van der Waals surface area contributed by atoms with E-state index in [0.717, 1.165) is 6.42 Å². The van der Waals surface area contributed by atoms with Crippen molar-refractivity contribution in [1.29, 1.82) is 0 Å². The fourth-order valence-corrected chi connectivity index (χ4v) is 12.2. The van der Waals surface area contributed by atoms with Crippen molar-refractivity contribution in [2.75, 3.05) is 4.90 Å². The van der Waals surface area contributed by atoms with Gasteiger partial charge in [0.2, 0.25) is 0 Å². The number of hydrogen-bond acceptors (Lipinski definition) is 1. The molecule has 10 aromatic rings. The molecule has 0 spiro atoms. The standard InChI is InChI=1S/C65H47N/c1-3-20-48(21-4-1)65(49-22-5-2-6-23-49)61-31-16-15-30-58(61)64-62(65)32-17-33-63(64)66(50-38-34-44(35-39-50)59-42-46-18-7-9-24-52(46)54-26-11-13-28-56(54)59)51-40-36-45(37-41-51)60-43-47-19-8-10-25-53(47)55-27-12-14-29-57(55)60/h1-22,24-43,49,63-64H,23H2. The van der Waals surface area contributed by atoms with E-state index < -0.39 is 0 Å². The summed E-state index contributed by atoms with van der Waals surface area (Å²) in [6.45, 7) is 0. The fourth-order valence-electron chi connectivity index (χ4n) is 12.2. The third kappa shape index (κ3) is 5.93. The summed E-state index contributed by atoms with van der Waals surface area (Å²) >= 11 is 0. The number of allylic oxidation sites excluding steroid dienone is 6. The Hall–Kier alpha value is -8.00. The predicted molar refractivity (Wildman–Crippen MR) is 280 cm³/mol. The summed E-state index contributed by atoms with van der Waals surface area (Å²) in [4.78, 5) is 2.62. The molecule has 0 fully saturated rings. The van der Waals surface area contributed by atoms with Crippen molar-refractivity contribution in [3.05, 3.63) is 277 Å². The largest absolute Gasteiger partial charge is 0.334 e. The van der Waals surface area contributed by atoms with Crippen LogP contribution in [0, 0.1) is 5.92 Å². The van der Waals surface area contributed by atoms with Crippen LogP contribution >= 0.6 is 0 Å². The lowest BCUT2D eigenvalue weighted by molar-refractivity contribution is 0.435. The van der Waals surface area contributed by atoms with Crippen molar-refractivity contribution < 1.29 is 0 Å². The molecule has 0 bridgehead atoms. The van der Waals surface area contributed by atoms with E-state index in [1.807, 2.05) is 0 Å². The third-order valence-electron chi connectivity index (χ3n) is 14.9. The number of nitrogens with zero attached hydrogens (tertiary/aromatic N) is 1. The lowest BCUT2D eigenvalue weighted by Gasteiger charge is -2.44. The number of anilines is 2. The Kier molecular flexibility index (Phi) is 9.10. The molecule has 0 amide bonds. The molecule has 3 aliphatic rings.